The van der Waals surface area contributed by atoms with Crippen LogP contribution in [-0.2, 0) is 6.42 Å². The van der Waals surface area contributed by atoms with Crippen LogP contribution < -0.4 is 16.0 Å². The van der Waals surface area contributed by atoms with Crippen LogP contribution in [0.2, 0.25) is 0 Å². The molecule has 0 radical (unpaired) electrons. The Morgan fingerprint density at radius 1 is 1.35 bits per heavy atom. The van der Waals surface area contributed by atoms with Gasteiger partial charge in [-0.25, -0.2) is 0 Å². The van der Waals surface area contributed by atoms with Crippen LogP contribution in [0.15, 0.2) is 24.3 Å². The first-order chi connectivity index (χ1) is 8.29. The van der Waals surface area contributed by atoms with E-state index in [2.05, 4.69) is 41.4 Å². The molecular formula is C14H23N3. The molecule has 1 saturated heterocycles. The fraction of sp³-hybridized carbons (Fsp3) is 0.571. The third-order valence-electron chi connectivity index (χ3n) is 3.41. The second-order valence-corrected chi connectivity index (χ2v) is 4.78. The number of piperazine rings is 1. The largest absolute Gasteiger partial charge is 0.369 e. The number of rotatable bonds is 4. The molecule has 0 aliphatic carbocycles. The molecule has 94 valence electrons. The third-order valence-corrected chi connectivity index (χ3v) is 3.41. The van der Waals surface area contributed by atoms with Gasteiger partial charge in [0, 0.05) is 37.9 Å². The molecule has 0 amide bonds. The summed E-state index contributed by atoms with van der Waals surface area (Å²) in [5.41, 5.74) is 8.71. The molecule has 1 aliphatic rings. The zero-order valence-corrected chi connectivity index (χ0v) is 10.7. The van der Waals surface area contributed by atoms with Crippen molar-refractivity contribution in [1.82, 2.24) is 5.32 Å². The summed E-state index contributed by atoms with van der Waals surface area (Å²) in [4.78, 5) is 2.44. The van der Waals surface area contributed by atoms with Gasteiger partial charge in [0.15, 0.2) is 0 Å². The Morgan fingerprint density at radius 2 is 2.12 bits per heavy atom. The van der Waals surface area contributed by atoms with Gasteiger partial charge in [-0.15, -0.1) is 0 Å². The number of hydrogen-bond donors (Lipinski definition) is 2. The first-order valence-electron chi connectivity index (χ1n) is 6.60. The molecule has 3 N–H and O–H groups in total. The Kier molecular flexibility index (Phi) is 4.40. The van der Waals surface area contributed by atoms with Gasteiger partial charge < -0.3 is 16.0 Å². The van der Waals surface area contributed by atoms with Crippen LogP contribution in [0.1, 0.15) is 18.9 Å². The van der Waals surface area contributed by atoms with Crippen molar-refractivity contribution in [2.24, 2.45) is 5.73 Å². The number of nitrogens with zero attached hydrogens (tertiary/aromatic N) is 1. The minimum atomic E-state index is 0.285. The lowest BCUT2D eigenvalue weighted by Gasteiger charge is -2.29. The van der Waals surface area contributed by atoms with Crippen molar-refractivity contribution in [2.75, 3.05) is 31.1 Å². The number of nitrogens with one attached hydrogen (secondary N) is 1. The molecule has 1 unspecified atom stereocenters. The molecule has 3 heteroatoms. The Hall–Kier alpha value is -1.06. The van der Waals surface area contributed by atoms with Gasteiger partial charge in [-0.1, -0.05) is 19.1 Å². The first-order valence-corrected chi connectivity index (χ1v) is 6.60. The third kappa shape index (κ3) is 3.45. The van der Waals surface area contributed by atoms with Crippen LogP contribution in [0.5, 0.6) is 0 Å². The Labute approximate surface area is 104 Å². The molecule has 1 aromatic rings. The highest BCUT2D eigenvalue weighted by atomic mass is 15.2. The van der Waals surface area contributed by atoms with E-state index in [0.717, 1.165) is 39.0 Å². The molecule has 1 heterocycles. The number of benzene rings is 1. The Morgan fingerprint density at radius 3 is 2.82 bits per heavy atom. The predicted octanol–water partition coefficient (Wildman–Crippen LogP) is 1.38. The molecule has 3 nitrogen and oxygen atoms in total. The van der Waals surface area contributed by atoms with Crippen LogP contribution in [0.3, 0.4) is 0 Å². The molecule has 1 aromatic carbocycles. The van der Waals surface area contributed by atoms with Crippen molar-refractivity contribution in [1.29, 1.82) is 0 Å². The van der Waals surface area contributed by atoms with Crippen molar-refractivity contribution in [3.05, 3.63) is 29.8 Å². The van der Waals surface area contributed by atoms with Crippen LogP contribution in [0.25, 0.3) is 0 Å². The van der Waals surface area contributed by atoms with Crippen molar-refractivity contribution in [3.63, 3.8) is 0 Å². The normalized spacial score (nSPS) is 18.1. The van der Waals surface area contributed by atoms with Gasteiger partial charge in [-0.05, 0) is 30.5 Å². The highest BCUT2D eigenvalue weighted by Crippen LogP contribution is 2.17. The maximum atomic E-state index is 6.01. The smallest absolute Gasteiger partial charge is 0.0369 e. The summed E-state index contributed by atoms with van der Waals surface area (Å²) in [6.45, 7) is 6.51. The van der Waals surface area contributed by atoms with E-state index in [1.165, 1.54) is 11.3 Å². The minimum Gasteiger partial charge on any atom is -0.369 e. The molecule has 17 heavy (non-hydrogen) atoms. The summed E-state index contributed by atoms with van der Waals surface area (Å²) in [5, 5.41) is 3.38. The van der Waals surface area contributed by atoms with E-state index in [1.807, 2.05) is 0 Å². The van der Waals surface area contributed by atoms with Crippen molar-refractivity contribution < 1.29 is 0 Å². The second-order valence-electron chi connectivity index (χ2n) is 4.78. The molecule has 0 saturated carbocycles. The van der Waals surface area contributed by atoms with E-state index >= 15 is 0 Å². The molecule has 2 rings (SSSR count). The van der Waals surface area contributed by atoms with Crippen molar-refractivity contribution in [3.8, 4) is 0 Å². The summed E-state index contributed by atoms with van der Waals surface area (Å²) in [6, 6.07) is 9.11. The maximum Gasteiger partial charge on any atom is 0.0369 e. The van der Waals surface area contributed by atoms with Gasteiger partial charge in [-0.2, -0.15) is 0 Å². The van der Waals surface area contributed by atoms with E-state index in [9.17, 15) is 0 Å². The minimum absolute atomic E-state index is 0.285. The topological polar surface area (TPSA) is 41.3 Å². The molecule has 1 aliphatic heterocycles. The lowest BCUT2D eigenvalue weighted by atomic mass is 10.0. The van der Waals surface area contributed by atoms with Crippen molar-refractivity contribution in [2.45, 2.75) is 25.8 Å². The quantitative estimate of drug-likeness (QED) is 0.825. The van der Waals surface area contributed by atoms with Gasteiger partial charge >= 0.3 is 0 Å². The summed E-state index contributed by atoms with van der Waals surface area (Å²) >= 11 is 0. The molecule has 1 fully saturated rings. The SMILES string of the molecule is CCC(N)Cc1cccc(N2CCNCC2)c1. The van der Waals surface area contributed by atoms with E-state index in [4.69, 9.17) is 5.73 Å². The maximum absolute atomic E-state index is 6.01. The number of hydrogen-bond acceptors (Lipinski definition) is 3. The second kappa shape index (κ2) is 6.03. The lowest BCUT2D eigenvalue weighted by Crippen LogP contribution is -2.43. The highest BCUT2D eigenvalue weighted by molar-refractivity contribution is 5.49. The van der Waals surface area contributed by atoms with E-state index in [1.54, 1.807) is 0 Å². The Bertz CT molecular complexity index is 345. The summed E-state index contributed by atoms with van der Waals surface area (Å²) < 4.78 is 0. The van der Waals surface area contributed by atoms with Gasteiger partial charge in [0.2, 0.25) is 0 Å². The first kappa shape index (κ1) is 12.4. The fourth-order valence-corrected chi connectivity index (χ4v) is 2.25. The molecule has 0 aromatic heterocycles. The van der Waals surface area contributed by atoms with Gasteiger partial charge in [0.1, 0.15) is 0 Å². The fourth-order valence-electron chi connectivity index (χ4n) is 2.25. The molecule has 0 bridgehead atoms. The monoisotopic (exact) mass is 233 g/mol. The average molecular weight is 233 g/mol. The number of nitrogens with two attached hydrogens (primary N) is 1. The van der Waals surface area contributed by atoms with Gasteiger partial charge in [0.25, 0.3) is 0 Å². The molecule has 1 atom stereocenters. The average Bonchev–Trinajstić information content (AvgIpc) is 2.40. The zero-order chi connectivity index (χ0) is 12.1. The van der Waals surface area contributed by atoms with E-state index in [0.29, 0.717) is 0 Å². The molecular weight excluding hydrogens is 210 g/mol. The van der Waals surface area contributed by atoms with Gasteiger partial charge in [0.05, 0.1) is 0 Å². The standard InChI is InChI=1S/C14H23N3/c1-2-13(15)10-12-4-3-5-14(11-12)17-8-6-16-7-9-17/h3-5,11,13,16H,2,6-10,15H2,1H3. The zero-order valence-electron chi connectivity index (χ0n) is 10.7. The van der Waals surface area contributed by atoms with Crippen LogP contribution >= 0.6 is 0 Å². The number of anilines is 1. The van der Waals surface area contributed by atoms with Crippen LogP contribution in [0.4, 0.5) is 5.69 Å². The van der Waals surface area contributed by atoms with Gasteiger partial charge in [-0.3, -0.25) is 0 Å². The van der Waals surface area contributed by atoms with Crippen LogP contribution in [0, 0.1) is 0 Å². The summed E-state index contributed by atoms with van der Waals surface area (Å²) in [7, 11) is 0. The van der Waals surface area contributed by atoms with E-state index in [-0.39, 0.29) is 6.04 Å². The van der Waals surface area contributed by atoms with E-state index < -0.39 is 0 Å². The Balaban J connectivity index is 2.05. The highest BCUT2D eigenvalue weighted by Gasteiger charge is 2.11. The summed E-state index contributed by atoms with van der Waals surface area (Å²) in [6.07, 6.45) is 2.02. The van der Waals surface area contributed by atoms with Crippen LogP contribution in [-0.4, -0.2) is 32.2 Å². The van der Waals surface area contributed by atoms with Crippen molar-refractivity contribution >= 4 is 5.69 Å². The predicted molar refractivity (Wildman–Crippen MR) is 73.5 cm³/mol. The molecule has 0 spiro atoms. The lowest BCUT2D eigenvalue weighted by molar-refractivity contribution is 0.588. The summed E-state index contributed by atoms with van der Waals surface area (Å²) in [5.74, 6) is 0.